The van der Waals surface area contributed by atoms with Gasteiger partial charge in [-0.2, -0.15) is 0 Å². The minimum atomic E-state index is -1.51. The summed E-state index contributed by atoms with van der Waals surface area (Å²) in [5.41, 5.74) is 0. The summed E-state index contributed by atoms with van der Waals surface area (Å²) in [6.45, 7) is 6.65. The lowest BCUT2D eigenvalue weighted by Crippen LogP contribution is -2.39. The predicted molar refractivity (Wildman–Crippen MR) is 63.6 cm³/mol. The average molecular weight is 248 g/mol. The Kier molecular flexibility index (Phi) is 9.03. The van der Waals surface area contributed by atoms with Crippen LogP contribution in [0.5, 0.6) is 0 Å². The van der Waals surface area contributed by atoms with Gasteiger partial charge in [0.2, 0.25) is 5.79 Å². The van der Waals surface area contributed by atoms with Crippen molar-refractivity contribution in [3.63, 3.8) is 0 Å². The molecule has 0 aliphatic carbocycles. The molecule has 5 heteroatoms. The van der Waals surface area contributed by atoms with E-state index in [1.165, 1.54) is 6.92 Å². The van der Waals surface area contributed by atoms with E-state index in [4.69, 9.17) is 14.2 Å². The molecule has 0 aromatic rings. The summed E-state index contributed by atoms with van der Waals surface area (Å²) in [5.74, 6) is -2.01. The maximum absolute atomic E-state index is 10.9. The number of carbonyl (C=O) groups excluding carboxylic acids is 1. The van der Waals surface area contributed by atoms with E-state index in [0.717, 1.165) is 12.8 Å². The molecule has 0 radical (unpaired) electrons. The highest BCUT2D eigenvalue weighted by molar-refractivity contribution is 5.66. The van der Waals surface area contributed by atoms with Crippen molar-refractivity contribution in [2.24, 2.45) is 0 Å². The molecular formula is C12H24O5. The third-order valence-corrected chi connectivity index (χ3v) is 2.16. The number of rotatable bonds is 10. The third-order valence-electron chi connectivity index (χ3n) is 2.16. The molecule has 0 spiro atoms. The summed E-state index contributed by atoms with van der Waals surface area (Å²) < 4.78 is 15.2. The fourth-order valence-electron chi connectivity index (χ4n) is 1.37. The first-order valence-corrected chi connectivity index (χ1v) is 6.11. The van der Waals surface area contributed by atoms with Gasteiger partial charge in [0.25, 0.3) is 0 Å². The van der Waals surface area contributed by atoms with Gasteiger partial charge in [-0.25, -0.2) is 0 Å². The molecule has 0 aliphatic heterocycles. The minimum absolute atomic E-state index is 0.0142. The zero-order chi connectivity index (χ0) is 13.1. The molecule has 1 N–H and O–H groups in total. The fourth-order valence-corrected chi connectivity index (χ4v) is 1.37. The number of hydrogen-bond donors (Lipinski definition) is 1. The molecule has 0 aliphatic rings. The molecule has 0 heterocycles. The van der Waals surface area contributed by atoms with E-state index in [2.05, 4.69) is 0 Å². The maximum Gasteiger partial charge on any atom is 0.305 e. The summed E-state index contributed by atoms with van der Waals surface area (Å²) in [7, 11) is 0. The van der Waals surface area contributed by atoms with E-state index in [9.17, 15) is 9.90 Å². The summed E-state index contributed by atoms with van der Waals surface area (Å²) >= 11 is 0. The Morgan fingerprint density at radius 3 is 2.41 bits per heavy atom. The number of hydrogen-bond acceptors (Lipinski definition) is 5. The van der Waals surface area contributed by atoms with Crippen LogP contribution in [0.3, 0.4) is 0 Å². The van der Waals surface area contributed by atoms with Crippen molar-refractivity contribution in [2.45, 2.75) is 45.8 Å². The van der Waals surface area contributed by atoms with Crippen LogP contribution in [0.25, 0.3) is 0 Å². The Hall–Kier alpha value is -0.650. The number of ether oxygens (including phenoxy) is 3. The zero-order valence-electron chi connectivity index (χ0n) is 11.0. The molecule has 17 heavy (non-hydrogen) atoms. The van der Waals surface area contributed by atoms with Crippen LogP contribution in [0.4, 0.5) is 0 Å². The zero-order valence-corrected chi connectivity index (χ0v) is 11.0. The van der Waals surface area contributed by atoms with Gasteiger partial charge in [0.1, 0.15) is 6.61 Å². The van der Waals surface area contributed by atoms with Crippen LogP contribution in [-0.2, 0) is 19.0 Å². The number of esters is 1. The van der Waals surface area contributed by atoms with Gasteiger partial charge in [-0.1, -0.05) is 13.3 Å². The smallest absolute Gasteiger partial charge is 0.305 e. The van der Waals surface area contributed by atoms with Gasteiger partial charge in [0, 0.05) is 20.0 Å². The molecule has 0 rings (SSSR count). The highest BCUT2D eigenvalue weighted by atomic mass is 16.7. The van der Waals surface area contributed by atoms with Gasteiger partial charge >= 0.3 is 5.97 Å². The molecule has 0 saturated heterocycles. The van der Waals surface area contributed by atoms with Crippen molar-refractivity contribution in [2.75, 3.05) is 26.4 Å². The quantitative estimate of drug-likeness (QED) is 0.360. The number of aliphatic hydroxyl groups is 1. The normalized spacial score (nSPS) is 14.4. The van der Waals surface area contributed by atoms with Crippen molar-refractivity contribution in [3.05, 3.63) is 0 Å². The van der Waals surface area contributed by atoms with Crippen LogP contribution in [0.15, 0.2) is 0 Å². The second kappa shape index (κ2) is 9.39. The highest BCUT2D eigenvalue weighted by Gasteiger charge is 2.30. The predicted octanol–water partition coefficient (Wildman–Crippen LogP) is 1.48. The Balaban J connectivity index is 3.95. The molecule has 0 aromatic heterocycles. The van der Waals surface area contributed by atoms with Crippen LogP contribution in [0, 0.1) is 0 Å². The van der Waals surface area contributed by atoms with Crippen molar-refractivity contribution in [1.82, 2.24) is 0 Å². The molecule has 0 aromatic carbocycles. The molecule has 5 nitrogen and oxygen atoms in total. The summed E-state index contributed by atoms with van der Waals surface area (Å²) in [6.07, 6.45) is 2.08. The van der Waals surface area contributed by atoms with Gasteiger partial charge in [-0.15, -0.1) is 0 Å². The molecule has 0 fully saturated rings. The lowest BCUT2D eigenvalue weighted by atomic mass is 10.1. The Labute approximate surface area is 103 Å². The molecule has 102 valence electrons. The lowest BCUT2D eigenvalue weighted by molar-refractivity contribution is -0.231. The van der Waals surface area contributed by atoms with Crippen molar-refractivity contribution < 1.29 is 24.1 Å². The largest absolute Gasteiger partial charge is 0.431 e. The van der Waals surface area contributed by atoms with Crippen LogP contribution >= 0.6 is 0 Å². The second-order valence-electron chi connectivity index (χ2n) is 3.89. The van der Waals surface area contributed by atoms with E-state index >= 15 is 0 Å². The van der Waals surface area contributed by atoms with Crippen molar-refractivity contribution in [1.29, 1.82) is 0 Å². The van der Waals surface area contributed by atoms with Gasteiger partial charge in [-0.3, -0.25) is 4.79 Å². The van der Waals surface area contributed by atoms with Gasteiger partial charge in [0.05, 0.1) is 13.2 Å². The number of unbranched alkanes of at least 4 members (excludes halogenated alkanes) is 1. The summed E-state index contributed by atoms with van der Waals surface area (Å²) in [4.78, 5) is 10.9. The third kappa shape index (κ3) is 9.09. The van der Waals surface area contributed by atoms with Gasteiger partial charge in [-0.05, 0) is 13.3 Å². The van der Waals surface area contributed by atoms with E-state index in [1.807, 2.05) is 13.8 Å². The topological polar surface area (TPSA) is 65.0 Å². The van der Waals surface area contributed by atoms with E-state index in [0.29, 0.717) is 26.2 Å². The Morgan fingerprint density at radius 1 is 1.24 bits per heavy atom. The second-order valence-corrected chi connectivity index (χ2v) is 3.89. The van der Waals surface area contributed by atoms with Gasteiger partial charge in [0.15, 0.2) is 0 Å². The summed E-state index contributed by atoms with van der Waals surface area (Å²) in [6, 6.07) is 0. The van der Waals surface area contributed by atoms with E-state index in [-0.39, 0.29) is 6.61 Å². The van der Waals surface area contributed by atoms with Crippen LogP contribution in [-0.4, -0.2) is 43.3 Å². The lowest BCUT2D eigenvalue weighted by Gasteiger charge is -2.27. The highest BCUT2D eigenvalue weighted by Crippen LogP contribution is 2.17. The standard InChI is InChI=1S/C12H24O5/c1-4-6-7-12(14,17-11(3)13)10-16-9-8-15-5-2/h14H,4-10H2,1-3H3. The monoisotopic (exact) mass is 248 g/mol. The van der Waals surface area contributed by atoms with Crippen molar-refractivity contribution in [3.8, 4) is 0 Å². The first kappa shape index (κ1) is 16.4. The first-order chi connectivity index (χ1) is 8.04. The Bertz CT molecular complexity index is 207. The van der Waals surface area contributed by atoms with Crippen LogP contribution in [0.1, 0.15) is 40.0 Å². The van der Waals surface area contributed by atoms with Crippen molar-refractivity contribution >= 4 is 5.97 Å². The van der Waals surface area contributed by atoms with Gasteiger partial charge < -0.3 is 19.3 Å². The molecule has 1 unspecified atom stereocenters. The molecule has 0 bridgehead atoms. The number of carbonyl (C=O) groups is 1. The molecule has 1 atom stereocenters. The van der Waals surface area contributed by atoms with E-state index in [1.54, 1.807) is 0 Å². The summed E-state index contributed by atoms with van der Waals surface area (Å²) in [5, 5.41) is 10.1. The van der Waals surface area contributed by atoms with Crippen LogP contribution in [0.2, 0.25) is 0 Å². The SMILES string of the molecule is CCCCC(O)(COCCOCC)OC(C)=O. The average Bonchev–Trinajstić information content (AvgIpc) is 2.25. The maximum atomic E-state index is 10.9. The van der Waals surface area contributed by atoms with Crippen LogP contribution < -0.4 is 0 Å². The van der Waals surface area contributed by atoms with E-state index < -0.39 is 11.8 Å². The minimum Gasteiger partial charge on any atom is -0.431 e. The molecular weight excluding hydrogens is 224 g/mol. The fraction of sp³-hybridized carbons (Fsp3) is 0.917. The first-order valence-electron chi connectivity index (χ1n) is 6.11. The molecule has 0 amide bonds. The molecule has 0 saturated carbocycles. The Morgan fingerprint density at radius 2 is 1.88 bits per heavy atom.